The molecule has 1 aromatic carbocycles. The molecule has 0 aliphatic carbocycles. The molecule has 0 aliphatic rings. The summed E-state index contributed by atoms with van der Waals surface area (Å²) in [5, 5.41) is 12.5. The van der Waals surface area contributed by atoms with Gasteiger partial charge in [0, 0.05) is 6.42 Å². The number of hydrogen-bond acceptors (Lipinski definition) is 6. The molecule has 0 saturated carbocycles. The smallest absolute Gasteiger partial charge is 0.339 e. The molecule has 0 spiro atoms. The Bertz CT molecular complexity index is 866. The van der Waals surface area contributed by atoms with E-state index in [2.05, 4.69) is 30.6 Å². The van der Waals surface area contributed by atoms with Gasteiger partial charge in [0.1, 0.15) is 6.04 Å². The molecular formula is C15H16N6O3. The van der Waals surface area contributed by atoms with E-state index in [0.29, 0.717) is 18.1 Å². The number of aromatic nitrogens is 5. The number of H-pyrrole nitrogens is 2. The van der Waals surface area contributed by atoms with Crippen LogP contribution < -0.4 is 11.0 Å². The van der Waals surface area contributed by atoms with Gasteiger partial charge >= 0.3 is 5.69 Å². The fourth-order valence-electron chi connectivity index (χ4n) is 2.22. The molecule has 3 aromatic rings. The van der Waals surface area contributed by atoms with Crippen LogP contribution in [0.3, 0.4) is 0 Å². The van der Waals surface area contributed by atoms with Crippen LogP contribution in [0.4, 0.5) is 0 Å². The quantitative estimate of drug-likeness (QED) is 0.618. The Labute approximate surface area is 136 Å². The van der Waals surface area contributed by atoms with Crippen molar-refractivity contribution in [1.82, 2.24) is 30.6 Å². The van der Waals surface area contributed by atoms with Crippen molar-refractivity contribution in [3.8, 4) is 0 Å². The number of nitrogens with one attached hydrogen (secondary N) is 3. The third-order valence-electron chi connectivity index (χ3n) is 3.33. The van der Waals surface area contributed by atoms with Gasteiger partial charge in [0.25, 0.3) is 5.91 Å². The molecule has 2 heterocycles. The summed E-state index contributed by atoms with van der Waals surface area (Å²) < 4.78 is 5.21. The molecule has 0 aliphatic heterocycles. The molecule has 3 N–H and O–H groups in total. The van der Waals surface area contributed by atoms with Gasteiger partial charge in [0.15, 0.2) is 5.82 Å². The number of benzene rings is 1. The van der Waals surface area contributed by atoms with Crippen molar-refractivity contribution >= 4 is 5.91 Å². The summed E-state index contributed by atoms with van der Waals surface area (Å²) in [6.45, 7) is 2.01. The van der Waals surface area contributed by atoms with Crippen LogP contribution in [-0.2, 0) is 6.42 Å². The predicted molar refractivity (Wildman–Crippen MR) is 83.3 cm³/mol. The molecule has 0 saturated heterocycles. The summed E-state index contributed by atoms with van der Waals surface area (Å²) >= 11 is 0. The van der Waals surface area contributed by atoms with Gasteiger partial charge in [-0.25, -0.2) is 9.89 Å². The first kappa shape index (κ1) is 15.7. The maximum atomic E-state index is 12.3. The molecule has 3 rings (SSSR count). The molecule has 1 unspecified atom stereocenters. The lowest BCUT2D eigenvalue weighted by molar-refractivity contribution is 0.0931. The van der Waals surface area contributed by atoms with Gasteiger partial charge in [-0.1, -0.05) is 42.4 Å². The lowest BCUT2D eigenvalue weighted by Gasteiger charge is -2.14. The molecule has 124 valence electrons. The van der Waals surface area contributed by atoms with E-state index in [1.807, 2.05) is 37.3 Å². The van der Waals surface area contributed by atoms with E-state index < -0.39 is 17.6 Å². The Morgan fingerprint density at radius 2 is 2.12 bits per heavy atom. The number of amides is 1. The minimum absolute atomic E-state index is 0.113. The van der Waals surface area contributed by atoms with Crippen molar-refractivity contribution in [2.24, 2.45) is 0 Å². The van der Waals surface area contributed by atoms with E-state index in [1.54, 1.807) is 0 Å². The summed E-state index contributed by atoms with van der Waals surface area (Å²) in [5.74, 6) is 0.189. The van der Waals surface area contributed by atoms with Crippen molar-refractivity contribution in [1.29, 1.82) is 0 Å². The molecular weight excluding hydrogens is 312 g/mol. The van der Waals surface area contributed by atoms with Crippen molar-refractivity contribution < 1.29 is 9.32 Å². The lowest BCUT2D eigenvalue weighted by atomic mass is 10.1. The molecule has 1 amide bonds. The Morgan fingerprint density at radius 1 is 1.33 bits per heavy atom. The standard InChI is InChI=1S/C15H16N6O3/c1-2-6-10-16-12(21-24-10)11(9-7-4-3-5-8-9)17-14(22)13-18-15(23)20-19-13/h3-5,7-8,11H,2,6H2,1H3,(H,17,22)(H2,18,19,20,23). The summed E-state index contributed by atoms with van der Waals surface area (Å²) in [6, 6.07) is 8.62. The van der Waals surface area contributed by atoms with E-state index in [-0.39, 0.29) is 5.82 Å². The topological polar surface area (TPSA) is 130 Å². The van der Waals surface area contributed by atoms with Gasteiger partial charge in [0.2, 0.25) is 11.7 Å². The van der Waals surface area contributed by atoms with Gasteiger partial charge in [-0.05, 0) is 12.0 Å². The molecule has 0 fully saturated rings. The van der Waals surface area contributed by atoms with Crippen molar-refractivity contribution in [2.75, 3.05) is 0 Å². The van der Waals surface area contributed by atoms with Crippen LogP contribution in [0.2, 0.25) is 0 Å². The van der Waals surface area contributed by atoms with Crippen LogP contribution in [0.5, 0.6) is 0 Å². The number of nitrogens with zero attached hydrogens (tertiary/aromatic N) is 3. The maximum Gasteiger partial charge on any atom is 0.341 e. The third-order valence-corrected chi connectivity index (χ3v) is 3.33. The van der Waals surface area contributed by atoms with Crippen molar-refractivity contribution in [3.05, 3.63) is 63.9 Å². The average molecular weight is 328 g/mol. The molecule has 2 aromatic heterocycles. The predicted octanol–water partition coefficient (Wildman–Crippen LogP) is 0.953. The third kappa shape index (κ3) is 3.40. The molecule has 9 nitrogen and oxygen atoms in total. The van der Waals surface area contributed by atoms with Gasteiger partial charge in [-0.3, -0.25) is 9.78 Å². The zero-order valence-corrected chi connectivity index (χ0v) is 12.9. The van der Waals surface area contributed by atoms with Gasteiger partial charge in [0.05, 0.1) is 0 Å². The zero-order chi connectivity index (χ0) is 16.9. The first-order valence-corrected chi connectivity index (χ1v) is 7.50. The van der Waals surface area contributed by atoms with E-state index in [9.17, 15) is 9.59 Å². The second-order valence-corrected chi connectivity index (χ2v) is 5.14. The zero-order valence-electron chi connectivity index (χ0n) is 12.9. The van der Waals surface area contributed by atoms with Gasteiger partial charge < -0.3 is 9.84 Å². The SMILES string of the molecule is CCCc1nc(C(NC(=O)c2n[nH]c(=O)[nH]2)c2ccccc2)no1. The first-order valence-electron chi connectivity index (χ1n) is 7.50. The number of aryl methyl sites for hydroxylation is 1. The highest BCUT2D eigenvalue weighted by Gasteiger charge is 2.24. The summed E-state index contributed by atoms with van der Waals surface area (Å²) in [7, 11) is 0. The number of carbonyl (C=O) groups is 1. The first-order chi connectivity index (χ1) is 11.7. The normalized spacial score (nSPS) is 12.0. The fourth-order valence-corrected chi connectivity index (χ4v) is 2.22. The van der Waals surface area contributed by atoms with Crippen LogP contribution >= 0.6 is 0 Å². The van der Waals surface area contributed by atoms with E-state index in [0.717, 1.165) is 12.0 Å². The Hall–Kier alpha value is -3.23. The highest BCUT2D eigenvalue weighted by Crippen LogP contribution is 2.20. The Morgan fingerprint density at radius 3 is 2.79 bits per heavy atom. The van der Waals surface area contributed by atoms with Gasteiger partial charge in [-0.15, -0.1) is 5.10 Å². The van der Waals surface area contributed by atoms with Crippen LogP contribution in [0.25, 0.3) is 0 Å². The largest absolute Gasteiger partial charge is 0.341 e. The summed E-state index contributed by atoms with van der Waals surface area (Å²) in [6.07, 6.45) is 1.54. The van der Waals surface area contributed by atoms with Crippen LogP contribution in [0, 0.1) is 0 Å². The minimum Gasteiger partial charge on any atom is -0.339 e. The van der Waals surface area contributed by atoms with Crippen LogP contribution in [0.15, 0.2) is 39.6 Å². The molecule has 9 heteroatoms. The maximum absolute atomic E-state index is 12.3. The molecule has 24 heavy (non-hydrogen) atoms. The average Bonchev–Trinajstić information content (AvgIpc) is 3.23. The molecule has 1 atom stereocenters. The second kappa shape index (κ2) is 6.90. The Kier molecular flexibility index (Phi) is 4.50. The van der Waals surface area contributed by atoms with E-state index >= 15 is 0 Å². The monoisotopic (exact) mass is 328 g/mol. The van der Waals surface area contributed by atoms with Crippen molar-refractivity contribution in [2.45, 2.75) is 25.8 Å². The molecule has 0 radical (unpaired) electrons. The number of carbonyl (C=O) groups excluding carboxylic acids is 1. The fraction of sp³-hybridized carbons (Fsp3) is 0.267. The Balaban J connectivity index is 1.90. The molecule has 0 bridgehead atoms. The number of rotatable bonds is 6. The number of hydrogen-bond donors (Lipinski definition) is 3. The van der Waals surface area contributed by atoms with Crippen LogP contribution in [-0.4, -0.2) is 31.2 Å². The highest BCUT2D eigenvalue weighted by atomic mass is 16.5. The highest BCUT2D eigenvalue weighted by molar-refractivity contribution is 5.90. The second-order valence-electron chi connectivity index (χ2n) is 5.14. The van der Waals surface area contributed by atoms with Crippen molar-refractivity contribution in [3.63, 3.8) is 0 Å². The minimum atomic E-state index is -0.617. The summed E-state index contributed by atoms with van der Waals surface area (Å²) in [4.78, 5) is 30.0. The lowest BCUT2D eigenvalue weighted by Crippen LogP contribution is -2.31. The number of aromatic amines is 2. The van der Waals surface area contributed by atoms with Gasteiger partial charge in [-0.2, -0.15) is 4.98 Å². The summed E-state index contributed by atoms with van der Waals surface area (Å²) in [5.41, 5.74) is 0.230. The van der Waals surface area contributed by atoms with E-state index in [4.69, 9.17) is 4.52 Å². The van der Waals surface area contributed by atoms with E-state index in [1.165, 1.54) is 0 Å². The van der Waals surface area contributed by atoms with Crippen LogP contribution in [0.1, 0.15) is 47.3 Å².